The SMILES string of the molecule is O=C1CC2(CCN(C(=O)CNC3CC3c3cc(F)cc(F)c3OCc3ccccc3)C2)CN1. The van der Waals surface area contributed by atoms with E-state index in [2.05, 4.69) is 10.6 Å². The second-order valence-electron chi connectivity index (χ2n) is 9.43. The monoisotopic (exact) mass is 455 g/mol. The maximum absolute atomic E-state index is 14.5. The van der Waals surface area contributed by atoms with Crippen molar-refractivity contribution in [3.63, 3.8) is 0 Å². The summed E-state index contributed by atoms with van der Waals surface area (Å²) in [7, 11) is 0. The molecule has 174 valence electrons. The lowest BCUT2D eigenvalue weighted by Gasteiger charge is -2.22. The van der Waals surface area contributed by atoms with Gasteiger partial charge in [0.1, 0.15) is 12.4 Å². The molecule has 1 spiro atoms. The van der Waals surface area contributed by atoms with Gasteiger partial charge in [-0.25, -0.2) is 8.78 Å². The second-order valence-corrected chi connectivity index (χ2v) is 9.43. The predicted octanol–water partition coefficient (Wildman–Crippen LogP) is 2.73. The van der Waals surface area contributed by atoms with Crippen molar-refractivity contribution in [2.24, 2.45) is 5.41 Å². The first-order chi connectivity index (χ1) is 15.9. The standard InChI is InChI=1S/C25H27F2N3O3/c26-17-8-19(24(20(27)9-17)33-13-16-4-2-1-3-5-16)18-10-21(18)28-12-23(32)30-7-6-25(15-30)11-22(31)29-14-25/h1-5,8-9,18,21,28H,6-7,10-15H2,(H,29,31). The molecule has 33 heavy (non-hydrogen) atoms. The molecule has 0 aromatic heterocycles. The largest absolute Gasteiger partial charge is 0.486 e. The van der Waals surface area contributed by atoms with Crippen LogP contribution in [-0.4, -0.2) is 48.9 Å². The number of carbonyl (C=O) groups is 2. The molecule has 2 amide bonds. The van der Waals surface area contributed by atoms with Gasteiger partial charge < -0.3 is 20.3 Å². The zero-order valence-electron chi connectivity index (χ0n) is 18.3. The third-order valence-corrected chi connectivity index (χ3v) is 6.96. The first-order valence-corrected chi connectivity index (χ1v) is 11.4. The van der Waals surface area contributed by atoms with E-state index in [4.69, 9.17) is 4.74 Å². The average Bonchev–Trinajstić information content (AvgIpc) is 3.31. The van der Waals surface area contributed by atoms with E-state index in [9.17, 15) is 18.4 Å². The second kappa shape index (κ2) is 8.74. The van der Waals surface area contributed by atoms with Crippen molar-refractivity contribution in [2.45, 2.75) is 37.8 Å². The van der Waals surface area contributed by atoms with Crippen LogP contribution in [0.2, 0.25) is 0 Å². The van der Waals surface area contributed by atoms with Crippen LogP contribution in [0.3, 0.4) is 0 Å². The number of nitrogens with one attached hydrogen (secondary N) is 2. The minimum absolute atomic E-state index is 0.0113. The molecule has 3 unspecified atom stereocenters. The Morgan fingerprint density at radius 3 is 2.82 bits per heavy atom. The first kappa shape index (κ1) is 21.8. The Bertz CT molecular complexity index is 1060. The van der Waals surface area contributed by atoms with Crippen LogP contribution in [0.5, 0.6) is 5.75 Å². The molecule has 0 radical (unpaired) electrons. The van der Waals surface area contributed by atoms with Crippen molar-refractivity contribution >= 4 is 11.8 Å². The summed E-state index contributed by atoms with van der Waals surface area (Å²) in [5.74, 6) is -1.36. The van der Waals surface area contributed by atoms with Crippen LogP contribution in [0.1, 0.15) is 36.3 Å². The van der Waals surface area contributed by atoms with Crippen LogP contribution in [0.25, 0.3) is 0 Å². The summed E-state index contributed by atoms with van der Waals surface area (Å²) in [6.45, 7) is 2.22. The van der Waals surface area contributed by atoms with E-state index in [1.807, 2.05) is 30.3 Å². The summed E-state index contributed by atoms with van der Waals surface area (Å²) >= 11 is 0. The van der Waals surface area contributed by atoms with Gasteiger partial charge in [-0.3, -0.25) is 9.59 Å². The van der Waals surface area contributed by atoms with E-state index in [0.29, 0.717) is 38.0 Å². The van der Waals surface area contributed by atoms with Gasteiger partial charge in [-0.15, -0.1) is 0 Å². The fourth-order valence-electron chi connectivity index (χ4n) is 5.02. The van der Waals surface area contributed by atoms with E-state index in [0.717, 1.165) is 18.1 Å². The van der Waals surface area contributed by atoms with Crippen molar-refractivity contribution in [2.75, 3.05) is 26.2 Å². The minimum Gasteiger partial charge on any atom is -0.486 e. The van der Waals surface area contributed by atoms with Crippen LogP contribution < -0.4 is 15.4 Å². The fraction of sp³-hybridized carbons (Fsp3) is 0.440. The Balaban J connectivity index is 1.18. The predicted molar refractivity (Wildman–Crippen MR) is 118 cm³/mol. The molecular weight excluding hydrogens is 428 g/mol. The molecular formula is C25H27F2N3O3. The number of nitrogens with zero attached hydrogens (tertiary/aromatic N) is 1. The van der Waals surface area contributed by atoms with Gasteiger partial charge >= 0.3 is 0 Å². The lowest BCUT2D eigenvalue weighted by molar-refractivity contribution is -0.129. The van der Waals surface area contributed by atoms with E-state index >= 15 is 0 Å². The van der Waals surface area contributed by atoms with Crippen LogP contribution in [-0.2, 0) is 16.2 Å². The maximum Gasteiger partial charge on any atom is 0.236 e. The van der Waals surface area contributed by atoms with Gasteiger partial charge in [0.25, 0.3) is 0 Å². The molecule has 2 saturated heterocycles. The number of amides is 2. The van der Waals surface area contributed by atoms with Gasteiger partial charge in [-0.1, -0.05) is 30.3 Å². The number of rotatable bonds is 7. The van der Waals surface area contributed by atoms with Gasteiger partial charge in [0, 0.05) is 55.1 Å². The Hall–Kier alpha value is -3.00. The van der Waals surface area contributed by atoms with Crippen molar-refractivity contribution in [3.05, 3.63) is 65.2 Å². The number of benzene rings is 2. The highest BCUT2D eigenvalue weighted by Crippen LogP contribution is 2.46. The highest BCUT2D eigenvalue weighted by molar-refractivity contribution is 5.81. The lowest BCUT2D eigenvalue weighted by Crippen LogP contribution is -2.39. The quantitative estimate of drug-likeness (QED) is 0.674. The third kappa shape index (κ3) is 4.71. The number of likely N-dealkylation sites (tertiary alicyclic amines) is 1. The van der Waals surface area contributed by atoms with Gasteiger partial charge in [-0.2, -0.15) is 0 Å². The molecule has 1 aliphatic carbocycles. The number of halogens is 2. The Morgan fingerprint density at radius 1 is 1.24 bits per heavy atom. The topological polar surface area (TPSA) is 70.7 Å². The van der Waals surface area contributed by atoms with Crippen molar-refractivity contribution < 1.29 is 23.1 Å². The Morgan fingerprint density at radius 2 is 2.06 bits per heavy atom. The smallest absolute Gasteiger partial charge is 0.236 e. The van der Waals surface area contributed by atoms with E-state index in [1.54, 1.807) is 4.90 Å². The summed E-state index contributed by atoms with van der Waals surface area (Å²) < 4.78 is 34.3. The Labute approximate surface area is 191 Å². The number of hydrogen-bond acceptors (Lipinski definition) is 4. The molecule has 8 heteroatoms. The molecule has 5 rings (SSSR count). The maximum atomic E-state index is 14.5. The lowest BCUT2D eigenvalue weighted by atomic mass is 9.86. The highest BCUT2D eigenvalue weighted by atomic mass is 19.1. The van der Waals surface area contributed by atoms with Crippen molar-refractivity contribution in [1.82, 2.24) is 15.5 Å². The summed E-state index contributed by atoms with van der Waals surface area (Å²) in [6.07, 6.45) is 1.99. The normalized spacial score (nSPS) is 26.0. The Kier molecular flexibility index (Phi) is 5.78. The molecule has 2 aromatic rings. The summed E-state index contributed by atoms with van der Waals surface area (Å²) in [4.78, 5) is 26.1. The zero-order chi connectivity index (χ0) is 23.0. The molecule has 2 aromatic carbocycles. The first-order valence-electron chi connectivity index (χ1n) is 11.4. The van der Waals surface area contributed by atoms with Crippen LogP contribution in [0, 0.1) is 17.0 Å². The summed E-state index contributed by atoms with van der Waals surface area (Å²) in [5.41, 5.74) is 1.26. The molecule has 6 nitrogen and oxygen atoms in total. The molecule has 2 aliphatic heterocycles. The van der Waals surface area contributed by atoms with Crippen LogP contribution in [0.15, 0.2) is 42.5 Å². The molecule has 1 saturated carbocycles. The van der Waals surface area contributed by atoms with Gasteiger partial charge in [0.05, 0.1) is 6.54 Å². The molecule has 3 fully saturated rings. The third-order valence-electron chi connectivity index (χ3n) is 6.96. The van der Waals surface area contributed by atoms with Crippen molar-refractivity contribution in [3.8, 4) is 5.75 Å². The highest BCUT2D eigenvalue weighted by Gasteiger charge is 2.46. The van der Waals surface area contributed by atoms with E-state index in [-0.39, 0.29) is 48.1 Å². The fourth-order valence-corrected chi connectivity index (χ4v) is 5.02. The molecule has 2 heterocycles. The van der Waals surface area contributed by atoms with Crippen LogP contribution >= 0.6 is 0 Å². The summed E-state index contributed by atoms with van der Waals surface area (Å²) in [5, 5.41) is 6.10. The van der Waals surface area contributed by atoms with E-state index in [1.165, 1.54) is 6.07 Å². The zero-order valence-corrected chi connectivity index (χ0v) is 18.3. The number of ether oxygens (including phenoxy) is 1. The van der Waals surface area contributed by atoms with Gasteiger partial charge in [0.15, 0.2) is 11.6 Å². The molecule has 3 atom stereocenters. The minimum atomic E-state index is -0.718. The molecule has 3 aliphatic rings. The van der Waals surface area contributed by atoms with Crippen LogP contribution in [0.4, 0.5) is 8.78 Å². The van der Waals surface area contributed by atoms with Gasteiger partial charge in [0.2, 0.25) is 11.8 Å². The van der Waals surface area contributed by atoms with Crippen molar-refractivity contribution in [1.29, 1.82) is 0 Å². The average molecular weight is 456 g/mol. The summed E-state index contributed by atoms with van der Waals surface area (Å²) in [6, 6.07) is 11.5. The van der Waals surface area contributed by atoms with E-state index < -0.39 is 11.6 Å². The molecule has 0 bridgehead atoms. The number of carbonyl (C=O) groups excluding carboxylic acids is 2. The molecule has 2 N–H and O–H groups in total. The van der Waals surface area contributed by atoms with Gasteiger partial charge in [-0.05, 0) is 24.5 Å². The number of hydrogen-bond donors (Lipinski definition) is 2.